The van der Waals surface area contributed by atoms with E-state index in [9.17, 15) is 9.90 Å². The van der Waals surface area contributed by atoms with Gasteiger partial charge in [-0.3, -0.25) is 4.79 Å². The van der Waals surface area contributed by atoms with Gasteiger partial charge in [0.1, 0.15) is 11.5 Å². The Bertz CT molecular complexity index is 1350. The topological polar surface area (TPSA) is 177 Å². The lowest BCUT2D eigenvalue weighted by Crippen LogP contribution is -2.39. The Morgan fingerprint density at radius 1 is 1.28 bits per heavy atom. The monoisotopic (exact) mass is 483 g/mol. The summed E-state index contributed by atoms with van der Waals surface area (Å²) in [4.78, 5) is 26.5. The fourth-order valence-electron chi connectivity index (χ4n) is 4.04. The summed E-state index contributed by atoms with van der Waals surface area (Å²) < 4.78 is 0. The van der Waals surface area contributed by atoms with Crippen LogP contribution in [0, 0.1) is 22.8 Å². The normalized spacial score (nSPS) is 15.7. The molecule has 1 aliphatic heterocycles. The number of anilines is 2. The zero-order chi connectivity index (χ0) is 25.5. The Morgan fingerprint density at radius 3 is 2.89 bits per heavy atom. The van der Waals surface area contributed by atoms with E-state index in [4.69, 9.17) is 16.5 Å². The predicted octanol–water partition coefficient (Wildman–Crippen LogP) is 3.41. The largest absolute Gasteiger partial charge is 0.481 e. The van der Waals surface area contributed by atoms with Gasteiger partial charge in [0.25, 0.3) is 0 Å². The van der Waals surface area contributed by atoms with Crippen LogP contribution in [0.3, 0.4) is 0 Å². The summed E-state index contributed by atoms with van der Waals surface area (Å²) in [6, 6.07) is 16.3. The first-order valence-electron chi connectivity index (χ1n) is 11.4. The van der Waals surface area contributed by atoms with Gasteiger partial charge in [0.2, 0.25) is 5.95 Å². The number of piperidine rings is 1. The van der Waals surface area contributed by atoms with Crippen LogP contribution in [0.15, 0.2) is 59.8 Å². The maximum atomic E-state index is 11.4. The molecule has 0 amide bonds. The van der Waals surface area contributed by atoms with E-state index >= 15 is 0 Å². The van der Waals surface area contributed by atoms with Crippen molar-refractivity contribution in [1.29, 1.82) is 10.8 Å². The zero-order valence-corrected chi connectivity index (χ0v) is 19.4. The molecule has 1 atom stereocenters. The van der Waals surface area contributed by atoms with E-state index in [-0.39, 0.29) is 17.6 Å². The highest BCUT2D eigenvalue weighted by Crippen LogP contribution is 2.24. The molecule has 1 fully saturated rings. The third-order valence-electron chi connectivity index (χ3n) is 5.82. The molecule has 0 radical (unpaired) electrons. The van der Waals surface area contributed by atoms with Gasteiger partial charge in [0, 0.05) is 24.9 Å². The molecule has 4 rings (SSSR count). The van der Waals surface area contributed by atoms with Gasteiger partial charge in [-0.1, -0.05) is 18.2 Å². The van der Waals surface area contributed by atoms with Gasteiger partial charge in [0.05, 0.1) is 41.2 Å². The minimum Gasteiger partial charge on any atom is -0.481 e. The summed E-state index contributed by atoms with van der Waals surface area (Å²) in [5.74, 6) is -0.405. The number of pyridine rings is 1. The molecule has 1 saturated heterocycles. The predicted molar refractivity (Wildman–Crippen MR) is 133 cm³/mol. The summed E-state index contributed by atoms with van der Waals surface area (Å²) >= 11 is 0. The van der Waals surface area contributed by atoms with Crippen molar-refractivity contribution in [1.82, 2.24) is 20.3 Å². The Balaban J connectivity index is 1.49. The molecule has 0 bridgehead atoms. The molecule has 1 aromatic carbocycles. The average molecular weight is 484 g/mol. The molecule has 5 N–H and O–H groups in total. The highest BCUT2D eigenvalue weighted by Gasteiger charge is 2.26. The maximum absolute atomic E-state index is 11.4. The van der Waals surface area contributed by atoms with Gasteiger partial charge < -0.3 is 21.1 Å². The van der Waals surface area contributed by atoms with Crippen LogP contribution in [0.25, 0.3) is 17.0 Å². The smallest absolute Gasteiger partial charge is 0.308 e. The summed E-state index contributed by atoms with van der Waals surface area (Å²) in [5.41, 5.74) is 16.6. The summed E-state index contributed by atoms with van der Waals surface area (Å²) in [5, 5.41) is 25.2. The molecule has 36 heavy (non-hydrogen) atoms. The number of carboxylic acids is 1. The number of nitriles is 1. The maximum Gasteiger partial charge on any atom is 0.308 e. The molecule has 0 aliphatic carbocycles. The van der Waals surface area contributed by atoms with Gasteiger partial charge in [-0.05, 0) is 43.2 Å². The third-order valence-corrected chi connectivity index (χ3v) is 5.82. The van der Waals surface area contributed by atoms with E-state index in [1.165, 1.54) is 0 Å². The molecule has 11 heteroatoms. The van der Waals surface area contributed by atoms with Crippen LogP contribution in [0.1, 0.15) is 29.8 Å². The van der Waals surface area contributed by atoms with Crippen LogP contribution < -0.4 is 16.0 Å². The lowest BCUT2D eigenvalue weighted by atomic mass is 9.98. The van der Waals surface area contributed by atoms with E-state index in [0.717, 1.165) is 24.5 Å². The quantitative estimate of drug-likeness (QED) is 0.349. The highest BCUT2D eigenvalue weighted by atomic mass is 16.4. The molecule has 3 heterocycles. The number of nitrogens with two attached hydrogens (primary N) is 1. The molecular formula is C25H25N9O2. The van der Waals surface area contributed by atoms with E-state index in [1.807, 2.05) is 29.2 Å². The first-order chi connectivity index (χ1) is 17.5. The van der Waals surface area contributed by atoms with Crippen molar-refractivity contribution in [3.05, 3.63) is 71.7 Å². The van der Waals surface area contributed by atoms with Gasteiger partial charge >= 0.3 is 5.97 Å². The number of hydrogen-bond acceptors (Lipinski definition) is 10. The molecule has 11 nitrogen and oxygen atoms in total. The summed E-state index contributed by atoms with van der Waals surface area (Å²) in [6.07, 6.45) is 3.04. The Kier molecular flexibility index (Phi) is 7.45. The second-order valence-electron chi connectivity index (χ2n) is 8.32. The second-order valence-corrected chi connectivity index (χ2v) is 8.32. The van der Waals surface area contributed by atoms with Crippen LogP contribution >= 0.6 is 0 Å². The van der Waals surface area contributed by atoms with E-state index in [2.05, 4.69) is 31.5 Å². The Hall–Kier alpha value is -4.85. The van der Waals surface area contributed by atoms with Crippen LogP contribution in [0.4, 0.5) is 11.8 Å². The highest BCUT2D eigenvalue weighted by molar-refractivity contribution is 5.71. The number of aliphatic carboxylic acids is 1. The van der Waals surface area contributed by atoms with Crippen LogP contribution in [-0.2, 0) is 11.3 Å². The average Bonchev–Trinajstić information content (AvgIpc) is 2.91. The standard InChI is InChI=1S/C25H25N9O2/c26-12-16-4-1-5-17(10-16)20-11-21(32-25(27)31-20)22(33-28)14-29-13-19-7-2-8-23(30-19)34-9-3-6-18(15-34)24(35)36/h1-2,4-5,7-8,10-11,14,18,28-29H,3,6,9,13,15H2,(H,35,36)(H2,27,31,32)/b22-14-,33-28?. The SMILES string of the molecule is N#Cc1cccc(-c2cc(/C(=C/NCc3cccc(N4CCCC(C(=O)O)C4)n3)N=N)nc(N)n2)c1. The van der Waals surface area contributed by atoms with Gasteiger partial charge in [-0.2, -0.15) is 10.4 Å². The molecule has 1 unspecified atom stereocenters. The number of nitrogens with zero attached hydrogens (tertiary/aromatic N) is 6. The van der Waals surface area contributed by atoms with Crippen molar-refractivity contribution >= 4 is 23.4 Å². The number of carboxylic acid groups (broad SMARTS) is 1. The number of rotatable bonds is 8. The number of hydrogen-bond donors (Lipinski definition) is 4. The van der Waals surface area contributed by atoms with Crippen molar-refractivity contribution in [2.24, 2.45) is 11.0 Å². The number of nitrogen functional groups attached to an aromatic ring is 1. The lowest BCUT2D eigenvalue weighted by Gasteiger charge is -2.31. The van der Waals surface area contributed by atoms with Crippen molar-refractivity contribution < 1.29 is 9.90 Å². The zero-order valence-electron chi connectivity index (χ0n) is 19.4. The van der Waals surface area contributed by atoms with Crippen molar-refractivity contribution in [2.45, 2.75) is 19.4 Å². The molecular weight excluding hydrogens is 458 g/mol. The molecule has 0 saturated carbocycles. The Labute approximate surface area is 207 Å². The van der Waals surface area contributed by atoms with Crippen LogP contribution in [0.2, 0.25) is 0 Å². The first-order valence-corrected chi connectivity index (χ1v) is 11.4. The minimum atomic E-state index is -0.777. The molecule has 3 aromatic rings. The number of carbonyl (C=O) groups is 1. The van der Waals surface area contributed by atoms with Crippen LogP contribution in [0.5, 0.6) is 0 Å². The summed E-state index contributed by atoms with van der Waals surface area (Å²) in [6.45, 7) is 1.57. The van der Waals surface area contributed by atoms with Gasteiger partial charge in [-0.25, -0.2) is 20.5 Å². The number of nitrogens with one attached hydrogen (secondary N) is 2. The number of aromatic nitrogens is 3. The fraction of sp³-hybridized carbons (Fsp3) is 0.240. The molecule has 182 valence electrons. The van der Waals surface area contributed by atoms with Crippen molar-refractivity contribution in [3.63, 3.8) is 0 Å². The van der Waals surface area contributed by atoms with Gasteiger partial charge in [0.15, 0.2) is 0 Å². The number of benzene rings is 1. The van der Waals surface area contributed by atoms with Gasteiger partial charge in [-0.15, -0.1) is 0 Å². The fourth-order valence-corrected chi connectivity index (χ4v) is 4.04. The van der Waals surface area contributed by atoms with E-state index < -0.39 is 5.97 Å². The lowest BCUT2D eigenvalue weighted by molar-refractivity contribution is -0.141. The Morgan fingerprint density at radius 2 is 2.11 bits per heavy atom. The summed E-state index contributed by atoms with van der Waals surface area (Å²) in [7, 11) is 0. The molecule has 2 aromatic heterocycles. The molecule has 1 aliphatic rings. The second kappa shape index (κ2) is 11.1. The van der Waals surface area contributed by atoms with E-state index in [1.54, 1.807) is 30.5 Å². The van der Waals surface area contributed by atoms with Crippen molar-refractivity contribution in [2.75, 3.05) is 23.7 Å². The molecule has 0 spiro atoms. The third kappa shape index (κ3) is 5.79. The van der Waals surface area contributed by atoms with Crippen LogP contribution in [-0.4, -0.2) is 39.1 Å². The van der Waals surface area contributed by atoms with E-state index in [0.29, 0.717) is 42.0 Å². The van der Waals surface area contributed by atoms with Crippen molar-refractivity contribution in [3.8, 4) is 17.3 Å². The minimum absolute atomic E-state index is 0.0231. The first kappa shape index (κ1) is 24.3.